The molecule has 2 saturated heterocycles. The van der Waals surface area contributed by atoms with Crippen LogP contribution in [0, 0.1) is 17.8 Å². The molecule has 2 aliphatic heterocycles. The van der Waals surface area contributed by atoms with Crippen molar-refractivity contribution in [3.8, 4) is 0 Å². The van der Waals surface area contributed by atoms with Crippen molar-refractivity contribution in [2.24, 2.45) is 17.8 Å². The maximum absolute atomic E-state index is 3.76. The summed E-state index contributed by atoms with van der Waals surface area (Å²) in [5.74, 6) is 2.48. The van der Waals surface area contributed by atoms with Crippen molar-refractivity contribution in [2.45, 2.75) is 84.8 Å². The van der Waals surface area contributed by atoms with Crippen LogP contribution in [-0.2, 0) is 0 Å². The van der Waals surface area contributed by atoms with E-state index in [9.17, 15) is 0 Å². The molecule has 2 unspecified atom stereocenters. The van der Waals surface area contributed by atoms with E-state index in [4.69, 9.17) is 0 Å². The largest absolute Gasteiger partial charge is 0.314 e. The van der Waals surface area contributed by atoms with Gasteiger partial charge in [-0.25, -0.2) is 0 Å². The fourth-order valence-corrected chi connectivity index (χ4v) is 4.52. The van der Waals surface area contributed by atoms with Crippen LogP contribution in [0.25, 0.3) is 0 Å². The predicted molar refractivity (Wildman–Crippen MR) is 88.0 cm³/mol. The van der Waals surface area contributed by atoms with E-state index in [-0.39, 0.29) is 0 Å². The molecule has 0 aromatic carbocycles. The van der Waals surface area contributed by atoms with Crippen LogP contribution < -0.4 is 5.32 Å². The van der Waals surface area contributed by atoms with E-state index in [1.165, 1.54) is 45.2 Å². The summed E-state index contributed by atoms with van der Waals surface area (Å²) in [6.45, 7) is 14.4. The molecule has 118 valence electrons. The molecular weight excluding hydrogens is 244 g/mol. The number of rotatable bonds is 7. The van der Waals surface area contributed by atoms with Crippen molar-refractivity contribution in [3.63, 3.8) is 0 Å². The Morgan fingerprint density at radius 2 is 1.55 bits per heavy atom. The van der Waals surface area contributed by atoms with Crippen molar-refractivity contribution in [2.75, 3.05) is 13.1 Å². The van der Waals surface area contributed by atoms with Crippen LogP contribution in [0.4, 0.5) is 0 Å². The lowest BCUT2D eigenvalue weighted by atomic mass is 9.84. The fourth-order valence-electron chi connectivity index (χ4n) is 4.52. The van der Waals surface area contributed by atoms with E-state index in [2.05, 4.69) is 44.8 Å². The zero-order valence-corrected chi connectivity index (χ0v) is 14.4. The molecule has 0 saturated carbocycles. The molecule has 2 atom stereocenters. The highest BCUT2D eigenvalue weighted by molar-refractivity contribution is 4.98. The molecule has 1 N–H and O–H groups in total. The summed E-state index contributed by atoms with van der Waals surface area (Å²) in [5.41, 5.74) is 0. The normalized spacial score (nSPS) is 30.9. The Labute approximate surface area is 126 Å². The fraction of sp³-hybridized carbons (Fsp3) is 1.00. The smallest absolute Gasteiger partial charge is 0.0114 e. The first-order valence-corrected chi connectivity index (χ1v) is 9.02. The lowest BCUT2D eigenvalue weighted by Crippen LogP contribution is -2.51. The van der Waals surface area contributed by atoms with Gasteiger partial charge in [-0.2, -0.15) is 0 Å². The number of hydrogen-bond acceptors (Lipinski definition) is 2. The van der Waals surface area contributed by atoms with Gasteiger partial charge in [-0.3, -0.25) is 4.90 Å². The predicted octanol–water partition coefficient (Wildman–Crippen LogP) is 3.91. The summed E-state index contributed by atoms with van der Waals surface area (Å²) in [7, 11) is 0. The van der Waals surface area contributed by atoms with Crippen molar-refractivity contribution in [3.05, 3.63) is 0 Å². The minimum Gasteiger partial charge on any atom is -0.314 e. The Morgan fingerprint density at radius 3 is 2.00 bits per heavy atom. The highest BCUT2D eigenvalue weighted by Gasteiger charge is 2.41. The van der Waals surface area contributed by atoms with Gasteiger partial charge < -0.3 is 5.32 Å². The minimum absolute atomic E-state index is 0.792. The standard InChI is InChI=1S/C18H36N2/c1-6-9-19-15-10-16-7-8-17(11-15)20(16)12-18(13(2)3)14(4)5/h13-19H,6-12H2,1-5H3. The molecule has 0 aliphatic carbocycles. The number of nitrogens with zero attached hydrogens (tertiary/aromatic N) is 1. The molecule has 2 fully saturated rings. The molecule has 2 heteroatoms. The second kappa shape index (κ2) is 7.26. The lowest BCUT2D eigenvalue weighted by Gasteiger charge is -2.42. The molecule has 2 aliphatic rings. The van der Waals surface area contributed by atoms with Crippen LogP contribution in [0.15, 0.2) is 0 Å². The van der Waals surface area contributed by atoms with Gasteiger partial charge in [0.25, 0.3) is 0 Å². The van der Waals surface area contributed by atoms with Crippen molar-refractivity contribution in [1.82, 2.24) is 10.2 Å². The molecular formula is C18H36N2. The van der Waals surface area contributed by atoms with Gasteiger partial charge >= 0.3 is 0 Å². The van der Waals surface area contributed by atoms with Crippen LogP contribution >= 0.6 is 0 Å². The van der Waals surface area contributed by atoms with Crippen LogP contribution in [0.1, 0.15) is 66.7 Å². The highest BCUT2D eigenvalue weighted by Crippen LogP contribution is 2.37. The quantitative estimate of drug-likeness (QED) is 0.760. The van der Waals surface area contributed by atoms with Gasteiger partial charge in [-0.15, -0.1) is 0 Å². The van der Waals surface area contributed by atoms with Crippen LogP contribution in [0.5, 0.6) is 0 Å². The number of piperidine rings is 1. The first-order chi connectivity index (χ1) is 9.52. The summed E-state index contributed by atoms with van der Waals surface area (Å²) in [5, 5.41) is 3.76. The van der Waals surface area contributed by atoms with E-state index in [1.807, 2.05) is 0 Å². The van der Waals surface area contributed by atoms with Crippen molar-refractivity contribution >= 4 is 0 Å². The van der Waals surface area contributed by atoms with E-state index in [0.717, 1.165) is 35.9 Å². The summed E-state index contributed by atoms with van der Waals surface area (Å²) in [4.78, 5) is 2.88. The molecule has 0 spiro atoms. The van der Waals surface area contributed by atoms with Crippen molar-refractivity contribution < 1.29 is 0 Å². The SMILES string of the molecule is CCCNC1CC2CCC(C1)N2CC(C(C)C)C(C)C. The third kappa shape index (κ3) is 3.76. The zero-order chi connectivity index (χ0) is 14.7. The zero-order valence-electron chi connectivity index (χ0n) is 14.4. The van der Waals surface area contributed by atoms with Gasteiger partial charge in [-0.05, 0) is 56.4 Å². The van der Waals surface area contributed by atoms with E-state index >= 15 is 0 Å². The van der Waals surface area contributed by atoms with Crippen molar-refractivity contribution in [1.29, 1.82) is 0 Å². The van der Waals surface area contributed by atoms with E-state index in [1.54, 1.807) is 0 Å². The van der Waals surface area contributed by atoms with Crippen LogP contribution in [0.2, 0.25) is 0 Å². The second-order valence-corrected chi connectivity index (χ2v) is 7.86. The lowest BCUT2D eigenvalue weighted by molar-refractivity contribution is 0.0739. The van der Waals surface area contributed by atoms with Crippen LogP contribution in [0.3, 0.4) is 0 Å². The monoisotopic (exact) mass is 280 g/mol. The molecule has 0 radical (unpaired) electrons. The summed E-state index contributed by atoms with van der Waals surface area (Å²) >= 11 is 0. The topological polar surface area (TPSA) is 15.3 Å². The molecule has 0 amide bonds. The van der Waals surface area contributed by atoms with Gasteiger partial charge in [0.1, 0.15) is 0 Å². The van der Waals surface area contributed by atoms with E-state index in [0.29, 0.717) is 0 Å². The molecule has 0 aromatic rings. The number of nitrogens with one attached hydrogen (secondary N) is 1. The summed E-state index contributed by atoms with van der Waals surface area (Å²) in [6.07, 6.45) is 6.92. The number of hydrogen-bond donors (Lipinski definition) is 1. The van der Waals surface area contributed by atoms with Crippen LogP contribution in [-0.4, -0.2) is 36.1 Å². The van der Waals surface area contributed by atoms with Gasteiger partial charge in [0.05, 0.1) is 0 Å². The molecule has 2 rings (SSSR count). The Balaban J connectivity index is 1.91. The molecule has 20 heavy (non-hydrogen) atoms. The van der Waals surface area contributed by atoms with Gasteiger partial charge in [-0.1, -0.05) is 34.6 Å². The van der Waals surface area contributed by atoms with Gasteiger partial charge in [0.15, 0.2) is 0 Å². The average molecular weight is 280 g/mol. The molecule has 2 heterocycles. The Bertz CT molecular complexity index is 265. The van der Waals surface area contributed by atoms with E-state index < -0.39 is 0 Å². The third-order valence-corrected chi connectivity index (χ3v) is 5.70. The average Bonchev–Trinajstić information content (AvgIpc) is 2.62. The van der Waals surface area contributed by atoms with Gasteiger partial charge in [0, 0.05) is 24.7 Å². The Kier molecular flexibility index (Phi) is 5.92. The Hall–Kier alpha value is -0.0800. The maximum Gasteiger partial charge on any atom is 0.0114 e. The highest BCUT2D eigenvalue weighted by atomic mass is 15.2. The second-order valence-electron chi connectivity index (χ2n) is 7.86. The third-order valence-electron chi connectivity index (χ3n) is 5.70. The van der Waals surface area contributed by atoms with Gasteiger partial charge in [0.2, 0.25) is 0 Å². The molecule has 0 aromatic heterocycles. The first-order valence-electron chi connectivity index (χ1n) is 9.02. The minimum atomic E-state index is 0.792. The first kappa shape index (κ1) is 16.3. The Morgan fingerprint density at radius 1 is 1.00 bits per heavy atom. The number of fused-ring (bicyclic) bond motifs is 2. The summed E-state index contributed by atoms with van der Waals surface area (Å²) in [6, 6.07) is 2.52. The maximum atomic E-state index is 3.76. The molecule has 2 bridgehead atoms. The molecule has 2 nitrogen and oxygen atoms in total. The summed E-state index contributed by atoms with van der Waals surface area (Å²) < 4.78 is 0.